The van der Waals surface area contributed by atoms with Crippen LogP contribution >= 0.6 is 0 Å². The van der Waals surface area contributed by atoms with Crippen LogP contribution in [0.1, 0.15) is 13.8 Å². The van der Waals surface area contributed by atoms with Crippen LogP contribution in [-0.4, -0.2) is 42.9 Å². The second-order valence-electron chi connectivity index (χ2n) is 2.95. The molecule has 3 N–H and O–H groups in total. The maximum Gasteiger partial charge on any atom is 0.234 e. The summed E-state index contributed by atoms with van der Waals surface area (Å²) in [6.45, 7) is 4.30. The number of carbonyl (C=O) groups is 2. The average molecular weight is 187 g/mol. The van der Waals surface area contributed by atoms with E-state index in [-0.39, 0.29) is 12.5 Å². The highest BCUT2D eigenvalue weighted by molar-refractivity contribution is 5.82. The number of amides is 2. The van der Waals surface area contributed by atoms with Gasteiger partial charge in [-0.15, -0.1) is 0 Å². The maximum atomic E-state index is 11.1. The molecule has 1 atom stereocenters. The maximum absolute atomic E-state index is 11.1. The highest BCUT2D eigenvalue weighted by atomic mass is 16.2. The number of primary amides is 1. The summed E-state index contributed by atoms with van der Waals surface area (Å²) in [7, 11) is 1.69. The Hall–Kier alpha value is -1.10. The molecule has 76 valence electrons. The number of carbonyl (C=O) groups excluding carboxylic acids is 2. The molecule has 0 aliphatic heterocycles. The van der Waals surface area contributed by atoms with Gasteiger partial charge in [0.05, 0.1) is 12.6 Å². The van der Waals surface area contributed by atoms with Gasteiger partial charge in [0.15, 0.2) is 0 Å². The summed E-state index contributed by atoms with van der Waals surface area (Å²) in [5, 5.41) is 2.64. The number of hydrogen-bond acceptors (Lipinski definition) is 3. The van der Waals surface area contributed by atoms with E-state index in [1.54, 1.807) is 18.9 Å². The molecule has 0 aromatic carbocycles. The van der Waals surface area contributed by atoms with Crippen LogP contribution in [-0.2, 0) is 9.59 Å². The van der Waals surface area contributed by atoms with E-state index in [1.807, 2.05) is 6.92 Å². The van der Waals surface area contributed by atoms with Crippen LogP contribution in [0.2, 0.25) is 0 Å². The molecule has 0 bridgehead atoms. The van der Waals surface area contributed by atoms with Crippen LogP contribution in [0.4, 0.5) is 0 Å². The van der Waals surface area contributed by atoms with Crippen molar-refractivity contribution in [2.24, 2.45) is 5.73 Å². The molecule has 0 spiro atoms. The Balaban J connectivity index is 3.92. The quantitative estimate of drug-likeness (QED) is 0.575. The third-order valence-corrected chi connectivity index (χ3v) is 1.84. The summed E-state index contributed by atoms with van der Waals surface area (Å²) < 4.78 is 0. The summed E-state index contributed by atoms with van der Waals surface area (Å²) in [5.74, 6) is -0.523. The molecule has 2 amide bonds. The number of likely N-dealkylation sites (N-methyl/N-ethyl adjacent to an activating group) is 2. The van der Waals surface area contributed by atoms with Gasteiger partial charge in [-0.3, -0.25) is 14.5 Å². The third-order valence-electron chi connectivity index (χ3n) is 1.84. The number of nitrogens with one attached hydrogen (secondary N) is 1. The predicted molar refractivity (Wildman–Crippen MR) is 50.0 cm³/mol. The van der Waals surface area contributed by atoms with Crippen LogP contribution < -0.4 is 11.1 Å². The minimum absolute atomic E-state index is 0.0990. The first-order chi connectivity index (χ1) is 5.99. The van der Waals surface area contributed by atoms with Crippen molar-refractivity contribution in [3.63, 3.8) is 0 Å². The van der Waals surface area contributed by atoms with Crippen molar-refractivity contribution in [3.8, 4) is 0 Å². The zero-order valence-electron chi connectivity index (χ0n) is 8.33. The number of nitrogens with zero attached hydrogens (tertiary/aromatic N) is 1. The SMILES string of the molecule is CCNC(=O)CN(C)C(C)C(N)=O. The molecular formula is C8H17N3O2. The summed E-state index contributed by atoms with van der Waals surface area (Å²) >= 11 is 0. The van der Waals surface area contributed by atoms with Crippen molar-refractivity contribution in [3.05, 3.63) is 0 Å². The lowest BCUT2D eigenvalue weighted by atomic mass is 10.3. The van der Waals surface area contributed by atoms with Gasteiger partial charge < -0.3 is 11.1 Å². The first kappa shape index (κ1) is 11.9. The van der Waals surface area contributed by atoms with E-state index >= 15 is 0 Å². The summed E-state index contributed by atoms with van der Waals surface area (Å²) in [6, 6.07) is -0.414. The lowest BCUT2D eigenvalue weighted by Crippen LogP contribution is -2.45. The van der Waals surface area contributed by atoms with Gasteiger partial charge in [-0.05, 0) is 20.9 Å². The molecule has 0 aliphatic carbocycles. The zero-order chi connectivity index (χ0) is 10.4. The first-order valence-electron chi connectivity index (χ1n) is 4.25. The predicted octanol–water partition coefficient (Wildman–Crippen LogP) is -1.07. The lowest BCUT2D eigenvalue weighted by molar-refractivity contribution is -0.125. The van der Waals surface area contributed by atoms with Gasteiger partial charge in [0, 0.05) is 6.54 Å². The van der Waals surface area contributed by atoms with Gasteiger partial charge in [0.2, 0.25) is 11.8 Å². The fraction of sp³-hybridized carbons (Fsp3) is 0.750. The van der Waals surface area contributed by atoms with Gasteiger partial charge >= 0.3 is 0 Å². The van der Waals surface area contributed by atoms with Gasteiger partial charge in [-0.1, -0.05) is 0 Å². The van der Waals surface area contributed by atoms with Gasteiger partial charge in [0.25, 0.3) is 0 Å². The van der Waals surface area contributed by atoms with Crippen molar-refractivity contribution in [2.45, 2.75) is 19.9 Å². The summed E-state index contributed by atoms with van der Waals surface area (Å²) in [6.07, 6.45) is 0. The molecule has 0 fully saturated rings. The smallest absolute Gasteiger partial charge is 0.234 e. The second kappa shape index (κ2) is 5.53. The van der Waals surface area contributed by atoms with Crippen molar-refractivity contribution >= 4 is 11.8 Å². The second-order valence-corrected chi connectivity index (χ2v) is 2.95. The number of hydrogen-bond donors (Lipinski definition) is 2. The van der Waals surface area contributed by atoms with E-state index in [0.29, 0.717) is 6.54 Å². The minimum Gasteiger partial charge on any atom is -0.368 e. The average Bonchev–Trinajstić information content (AvgIpc) is 2.03. The van der Waals surface area contributed by atoms with Crippen molar-refractivity contribution in [1.29, 1.82) is 0 Å². The van der Waals surface area contributed by atoms with Crippen molar-refractivity contribution < 1.29 is 9.59 Å². The van der Waals surface area contributed by atoms with Crippen molar-refractivity contribution in [1.82, 2.24) is 10.2 Å². The molecule has 0 aromatic heterocycles. The molecule has 5 nitrogen and oxygen atoms in total. The minimum atomic E-state index is -0.424. The highest BCUT2D eigenvalue weighted by Crippen LogP contribution is 1.92. The molecule has 0 saturated heterocycles. The lowest BCUT2D eigenvalue weighted by Gasteiger charge is -2.20. The summed E-state index contributed by atoms with van der Waals surface area (Å²) in [4.78, 5) is 23.4. The molecule has 0 aromatic rings. The molecule has 1 unspecified atom stereocenters. The highest BCUT2D eigenvalue weighted by Gasteiger charge is 2.16. The van der Waals surface area contributed by atoms with Crippen LogP contribution in [0.5, 0.6) is 0 Å². The van der Waals surface area contributed by atoms with Gasteiger partial charge in [-0.2, -0.15) is 0 Å². The van der Waals surface area contributed by atoms with E-state index in [2.05, 4.69) is 5.32 Å². The molecule has 0 rings (SSSR count). The molecule has 0 radical (unpaired) electrons. The first-order valence-corrected chi connectivity index (χ1v) is 4.25. The Morgan fingerprint density at radius 1 is 1.54 bits per heavy atom. The Labute approximate surface area is 78.3 Å². The third kappa shape index (κ3) is 4.47. The van der Waals surface area contributed by atoms with Crippen LogP contribution in [0, 0.1) is 0 Å². The Kier molecular flexibility index (Phi) is 5.06. The summed E-state index contributed by atoms with van der Waals surface area (Å²) in [5.41, 5.74) is 5.07. The topological polar surface area (TPSA) is 75.4 Å². The van der Waals surface area contributed by atoms with Crippen LogP contribution in [0.3, 0.4) is 0 Å². The standard InChI is InChI=1S/C8H17N3O2/c1-4-10-7(12)5-11(3)6(2)8(9)13/h6H,4-5H2,1-3H3,(H2,9,13)(H,10,12). The van der Waals surface area contributed by atoms with Crippen LogP contribution in [0.15, 0.2) is 0 Å². The number of nitrogens with two attached hydrogens (primary N) is 1. The molecule has 0 aliphatic rings. The number of rotatable bonds is 5. The zero-order valence-corrected chi connectivity index (χ0v) is 8.33. The molecule has 0 saturated carbocycles. The Morgan fingerprint density at radius 2 is 2.08 bits per heavy atom. The van der Waals surface area contributed by atoms with E-state index < -0.39 is 11.9 Å². The van der Waals surface area contributed by atoms with Gasteiger partial charge in [-0.25, -0.2) is 0 Å². The van der Waals surface area contributed by atoms with E-state index in [0.717, 1.165) is 0 Å². The van der Waals surface area contributed by atoms with E-state index in [4.69, 9.17) is 5.73 Å². The normalized spacial score (nSPS) is 12.6. The van der Waals surface area contributed by atoms with Crippen molar-refractivity contribution in [2.75, 3.05) is 20.1 Å². The van der Waals surface area contributed by atoms with E-state index in [9.17, 15) is 9.59 Å². The monoisotopic (exact) mass is 187 g/mol. The van der Waals surface area contributed by atoms with Gasteiger partial charge in [0.1, 0.15) is 0 Å². The molecule has 13 heavy (non-hydrogen) atoms. The fourth-order valence-electron chi connectivity index (χ4n) is 0.834. The van der Waals surface area contributed by atoms with E-state index in [1.165, 1.54) is 0 Å². The Bertz CT molecular complexity index is 194. The fourth-order valence-corrected chi connectivity index (χ4v) is 0.834. The molecule has 5 heteroatoms. The molecular weight excluding hydrogens is 170 g/mol. The molecule has 0 heterocycles. The Morgan fingerprint density at radius 3 is 2.46 bits per heavy atom. The largest absolute Gasteiger partial charge is 0.368 e. The van der Waals surface area contributed by atoms with Crippen LogP contribution in [0.25, 0.3) is 0 Å².